The molecule has 0 spiro atoms. The van der Waals surface area contributed by atoms with Crippen molar-refractivity contribution in [1.29, 1.82) is 0 Å². The summed E-state index contributed by atoms with van der Waals surface area (Å²) in [4.78, 5) is 24.5. The zero-order chi connectivity index (χ0) is 13.1. The smallest absolute Gasteiger partial charge is 0.231 e. The van der Waals surface area contributed by atoms with E-state index in [9.17, 15) is 9.59 Å². The number of alkyl halides is 1. The summed E-state index contributed by atoms with van der Waals surface area (Å²) in [6.07, 6.45) is 0.767. The first-order valence-corrected chi connectivity index (χ1v) is 6.36. The average Bonchev–Trinajstić information content (AvgIpc) is 2.63. The van der Waals surface area contributed by atoms with Crippen LogP contribution in [0.25, 0.3) is 0 Å². The molecule has 1 N–H and O–H groups in total. The second-order valence-electron chi connectivity index (χ2n) is 4.31. The Morgan fingerprint density at radius 3 is 3.00 bits per heavy atom. The first kappa shape index (κ1) is 12.9. The van der Waals surface area contributed by atoms with Gasteiger partial charge in [-0.25, -0.2) is 0 Å². The van der Waals surface area contributed by atoms with Crippen molar-refractivity contribution >= 4 is 29.1 Å². The number of hydrogen-bond acceptors (Lipinski definition) is 2. The van der Waals surface area contributed by atoms with Crippen molar-refractivity contribution in [2.24, 2.45) is 0 Å². The summed E-state index contributed by atoms with van der Waals surface area (Å²) in [5, 5.41) is 2.79. The number of hydrogen-bond donors (Lipinski definition) is 1. The normalized spacial score (nSPS) is 13.7. The fourth-order valence-electron chi connectivity index (χ4n) is 2.01. The monoisotopic (exact) mass is 266 g/mol. The van der Waals surface area contributed by atoms with E-state index in [1.54, 1.807) is 11.9 Å². The summed E-state index contributed by atoms with van der Waals surface area (Å²) in [6.45, 7) is 0.473. The van der Waals surface area contributed by atoms with Crippen LogP contribution in [0.1, 0.15) is 17.5 Å². The average molecular weight is 267 g/mol. The number of likely N-dealkylation sites (N-methyl/N-ethyl adjacent to an activating group) is 1. The molecule has 0 unspecified atom stereocenters. The molecule has 96 valence electrons. The van der Waals surface area contributed by atoms with Crippen molar-refractivity contribution in [3.8, 4) is 0 Å². The number of fused-ring (bicyclic) bond motifs is 1. The lowest BCUT2D eigenvalue weighted by molar-refractivity contribution is -0.121. The van der Waals surface area contributed by atoms with Gasteiger partial charge in [0.05, 0.1) is 6.42 Å². The highest BCUT2D eigenvalue weighted by Gasteiger charge is 2.23. The summed E-state index contributed by atoms with van der Waals surface area (Å²) >= 11 is 5.48. The number of halogens is 1. The number of benzene rings is 1. The van der Waals surface area contributed by atoms with Crippen LogP contribution in [0.3, 0.4) is 0 Å². The second kappa shape index (κ2) is 5.40. The number of nitrogens with zero attached hydrogens (tertiary/aromatic N) is 1. The van der Waals surface area contributed by atoms with E-state index in [-0.39, 0.29) is 11.8 Å². The maximum atomic E-state index is 11.5. The number of nitrogens with one attached hydrogen (secondary N) is 1. The van der Waals surface area contributed by atoms with Crippen LogP contribution in [-0.4, -0.2) is 24.7 Å². The Bertz CT molecular complexity index is 488. The molecule has 1 aliphatic heterocycles. The highest BCUT2D eigenvalue weighted by atomic mass is 35.5. The molecule has 2 amide bonds. The maximum Gasteiger partial charge on any atom is 0.231 e. The van der Waals surface area contributed by atoms with Crippen LogP contribution < -0.4 is 10.2 Å². The molecule has 0 saturated carbocycles. The fourth-order valence-corrected chi connectivity index (χ4v) is 2.18. The second-order valence-corrected chi connectivity index (χ2v) is 4.69. The van der Waals surface area contributed by atoms with E-state index in [4.69, 9.17) is 11.6 Å². The molecule has 1 aromatic rings. The van der Waals surface area contributed by atoms with Gasteiger partial charge in [0.25, 0.3) is 0 Å². The molecule has 2 rings (SSSR count). The van der Waals surface area contributed by atoms with Gasteiger partial charge in [-0.05, 0) is 17.2 Å². The molecule has 1 aromatic carbocycles. The summed E-state index contributed by atoms with van der Waals surface area (Å²) in [5.41, 5.74) is 2.97. The molecule has 0 atom stereocenters. The molecule has 0 aliphatic carbocycles. The number of rotatable bonds is 4. The van der Waals surface area contributed by atoms with Gasteiger partial charge in [0.15, 0.2) is 0 Å². The lowest BCUT2D eigenvalue weighted by atomic mass is 10.1. The van der Waals surface area contributed by atoms with E-state index in [0.29, 0.717) is 25.3 Å². The van der Waals surface area contributed by atoms with Crippen LogP contribution in [0.4, 0.5) is 5.69 Å². The van der Waals surface area contributed by atoms with Gasteiger partial charge in [0, 0.05) is 31.6 Å². The van der Waals surface area contributed by atoms with Crippen LogP contribution in [0.2, 0.25) is 0 Å². The Morgan fingerprint density at radius 1 is 1.50 bits per heavy atom. The molecule has 0 bridgehead atoms. The zero-order valence-electron chi connectivity index (χ0n) is 10.2. The van der Waals surface area contributed by atoms with Crippen molar-refractivity contribution in [1.82, 2.24) is 5.32 Å². The van der Waals surface area contributed by atoms with Crippen LogP contribution >= 0.6 is 11.6 Å². The Hall–Kier alpha value is -1.55. The van der Waals surface area contributed by atoms with Crippen molar-refractivity contribution in [2.45, 2.75) is 19.4 Å². The largest absolute Gasteiger partial charge is 0.352 e. The lowest BCUT2D eigenvalue weighted by Gasteiger charge is -2.10. The molecular formula is C13H15ClN2O2. The van der Waals surface area contributed by atoms with Crippen molar-refractivity contribution in [3.63, 3.8) is 0 Å². The predicted molar refractivity (Wildman–Crippen MR) is 70.7 cm³/mol. The molecule has 0 aromatic heterocycles. The van der Waals surface area contributed by atoms with Gasteiger partial charge >= 0.3 is 0 Å². The fraction of sp³-hybridized carbons (Fsp3) is 0.385. The third-order valence-electron chi connectivity index (χ3n) is 3.03. The Morgan fingerprint density at radius 2 is 2.28 bits per heavy atom. The van der Waals surface area contributed by atoms with Crippen molar-refractivity contribution in [3.05, 3.63) is 29.3 Å². The minimum absolute atomic E-state index is 0.0568. The number of carbonyl (C=O) groups excluding carboxylic acids is 2. The third-order valence-corrected chi connectivity index (χ3v) is 3.22. The minimum Gasteiger partial charge on any atom is -0.352 e. The number of carbonyl (C=O) groups is 2. The maximum absolute atomic E-state index is 11.5. The van der Waals surface area contributed by atoms with Crippen molar-refractivity contribution in [2.75, 3.05) is 17.8 Å². The van der Waals surface area contributed by atoms with E-state index in [1.165, 1.54) is 0 Å². The lowest BCUT2D eigenvalue weighted by Crippen LogP contribution is -2.22. The van der Waals surface area contributed by atoms with Crippen molar-refractivity contribution < 1.29 is 9.59 Å². The topological polar surface area (TPSA) is 49.4 Å². The van der Waals surface area contributed by atoms with E-state index < -0.39 is 0 Å². The predicted octanol–water partition coefficient (Wildman–Crippen LogP) is 1.45. The highest BCUT2D eigenvalue weighted by molar-refractivity contribution is 6.18. The minimum atomic E-state index is -0.0568. The van der Waals surface area contributed by atoms with E-state index >= 15 is 0 Å². The Balaban J connectivity index is 2.03. The van der Waals surface area contributed by atoms with Crippen LogP contribution in [0.5, 0.6) is 0 Å². The Kier molecular flexibility index (Phi) is 3.87. The highest BCUT2D eigenvalue weighted by Crippen LogP contribution is 2.28. The molecule has 1 heterocycles. The van der Waals surface area contributed by atoms with Gasteiger partial charge in [0.1, 0.15) is 0 Å². The molecule has 0 fully saturated rings. The molecule has 4 nitrogen and oxygen atoms in total. The van der Waals surface area contributed by atoms with Crippen LogP contribution in [0.15, 0.2) is 18.2 Å². The number of anilines is 1. The van der Waals surface area contributed by atoms with Gasteiger partial charge in [0.2, 0.25) is 11.8 Å². The molecular weight excluding hydrogens is 252 g/mol. The number of amides is 2. The molecule has 0 radical (unpaired) electrons. The molecule has 0 saturated heterocycles. The molecule has 1 aliphatic rings. The zero-order valence-corrected chi connectivity index (χ0v) is 11.0. The summed E-state index contributed by atoms with van der Waals surface area (Å²) in [6, 6.07) is 5.82. The third kappa shape index (κ3) is 2.64. The first-order chi connectivity index (χ1) is 8.61. The van der Waals surface area contributed by atoms with Crippen LogP contribution in [-0.2, 0) is 22.6 Å². The Labute approximate surface area is 111 Å². The first-order valence-electron chi connectivity index (χ1n) is 5.83. The van der Waals surface area contributed by atoms with Gasteiger partial charge in [-0.3, -0.25) is 9.59 Å². The quantitative estimate of drug-likeness (QED) is 0.839. The van der Waals surface area contributed by atoms with Gasteiger partial charge in [-0.1, -0.05) is 12.1 Å². The van der Waals surface area contributed by atoms with E-state index in [1.807, 2.05) is 18.2 Å². The van der Waals surface area contributed by atoms with Crippen LogP contribution in [0, 0.1) is 0 Å². The van der Waals surface area contributed by atoms with E-state index in [2.05, 4.69) is 5.32 Å². The van der Waals surface area contributed by atoms with Gasteiger partial charge in [-0.15, -0.1) is 11.6 Å². The molecule has 5 heteroatoms. The SMILES string of the molecule is CN1C(=O)Cc2cc(CNC(=O)CCCl)ccc21. The summed E-state index contributed by atoms with van der Waals surface area (Å²) in [5.74, 6) is 0.377. The van der Waals surface area contributed by atoms with E-state index in [0.717, 1.165) is 16.8 Å². The molecule has 18 heavy (non-hydrogen) atoms. The van der Waals surface area contributed by atoms with Gasteiger partial charge < -0.3 is 10.2 Å². The summed E-state index contributed by atoms with van der Waals surface area (Å²) in [7, 11) is 1.77. The summed E-state index contributed by atoms with van der Waals surface area (Å²) < 4.78 is 0. The standard InChI is InChI=1S/C13H15ClN2O2/c1-16-11-3-2-9(6-10(11)7-13(16)18)8-15-12(17)4-5-14/h2-3,6H,4-5,7-8H2,1H3,(H,15,17). The van der Waals surface area contributed by atoms with Gasteiger partial charge in [-0.2, -0.15) is 0 Å².